The number of hydrogen-bond donors (Lipinski definition) is 0. The van der Waals surface area contributed by atoms with E-state index in [1.807, 2.05) is 0 Å². The molecular formula is C18H24N4O2. The van der Waals surface area contributed by atoms with Crippen LogP contribution in [0.2, 0.25) is 0 Å². The molecule has 2 aromatic rings. The van der Waals surface area contributed by atoms with Gasteiger partial charge in [0, 0.05) is 32.6 Å². The van der Waals surface area contributed by atoms with Crippen LogP contribution in [0.4, 0.5) is 0 Å². The van der Waals surface area contributed by atoms with Gasteiger partial charge in [-0.2, -0.15) is 0 Å². The zero-order valence-electron chi connectivity index (χ0n) is 14.1. The van der Waals surface area contributed by atoms with E-state index in [4.69, 9.17) is 9.47 Å². The summed E-state index contributed by atoms with van der Waals surface area (Å²) in [4.78, 5) is 2.46. The Kier molecular flexibility index (Phi) is 4.49. The topological polar surface area (TPSA) is 52.4 Å². The van der Waals surface area contributed by atoms with Gasteiger partial charge in [-0.1, -0.05) is 12.1 Å². The summed E-state index contributed by atoms with van der Waals surface area (Å²) in [5.41, 5.74) is 2.74. The first-order valence-electron chi connectivity index (χ1n) is 8.79. The van der Waals surface area contributed by atoms with Gasteiger partial charge in [0.2, 0.25) is 0 Å². The quantitative estimate of drug-likeness (QED) is 0.838. The summed E-state index contributed by atoms with van der Waals surface area (Å²) in [7, 11) is 0. The van der Waals surface area contributed by atoms with Crippen LogP contribution in [-0.2, 0) is 24.1 Å². The number of morpholine rings is 1. The molecule has 2 aliphatic heterocycles. The minimum atomic E-state index is 0.0228. The Morgan fingerprint density at radius 2 is 2.25 bits per heavy atom. The van der Waals surface area contributed by atoms with E-state index >= 15 is 0 Å². The van der Waals surface area contributed by atoms with E-state index in [1.165, 1.54) is 11.1 Å². The molecule has 0 radical (unpaired) electrons. The van der Waals surface area contributed by atoms with E-state index in [1.54, 1.807) is 6.33 Å². The molecule has 1 atom stereocenters. The molecule has 0 unspecified atom stereocenters. The molecule has 0 aliphatic carbocycles. The highest BCUT2D eigenvalue weighted by Crippen LogP contribution is 2.26. The van der Waals surface area contributed by atoms with Crippen LogP contribution in [-0.4, -0.2) is 52.5 Å². The maximum atomic E-state index is 5.93. The van der Waals surface area contributed by atoms with Crippen molar-refractivity contribution < 1.29 is 9.47 Å². The maximum Gasteiger partial charge on any atom is 0.163 e. The van der Waals surface area contributed by atoms with E-state index in [0.29, 0.717) is 0 Å². The van der Waals surface area contributed by atoms with Crippen LogP contribution in [0.5, 0.6) is 5.75 Å². The molecule has 6 nitrogen and oxygen atoms in total. The smallest absolute Gasteiger partial charge is 0.163 e. The highest BCUT2D eigenvalue weighted by atomic mass is 16.5. The van der Waals surface area contributed by atoms with Gasteiger partial charge in [0.05, 0.1) is 13.2 Å². The first-order valence-corrected chi connectivity index (χ1v) is 8.79. The number of rotatable bonds is 5. The molecule has 4 rings (SSSR count). The summed E-state index contributed by atoms with van der Waals surface area (Å²) in [5, 5.41) is 8.27. The second-order valence-electron chi connectivity index (χ2n) is 6.43. The average molecular weight is 328 g/mol. The highest BCUT2D eigenvalue weighted by Gasteiger charge is 2.25. The average Bonchev–Trinajstić information content (AvgIpc) is 3.28. The summed E-state index contributed by atoms with van der Waals surface area (Å²) >= 11 is 0. The van der Waals surface area contributed by atoms with Crippen molar-refractivity contribution in [3.63, 3.8) is 0 Å². The van der Waals surface area contributed by atoms with Gasteiger partial charge in [-0.05, 0) is 30.5 Å². The Hall–Kier alpha value is -1.92. The van der Waals surface area contributed by atoms with Crippen molar-refractivity contribution in [2.45, 2.75) is 32.4 Å². The SMILES string of the molecule is CCn1cnnc1[C@@H]1CN(CCc2ccc3c(c2)CCO3)CCO1. The van der Waals surface area contributed by atoms with Crippen molar-refractivity contribution in [3.8, 4) is 5.75 Å². The van der Waals surface area contributed by atoms with Crippen molar-refractivity contribution in [3.05, 3.63) is 41.5 Å². The standard InChI is InChI=1S/C18H24N4O2/c1-2-22-13-19-20-18(22)17-12-21(8-10-24-17)7-5-14-3-4-16-15(11-14)6-9-23-16/h3-4,11,13,17H,2,5-10,12H2,1H3/t17-/m0/s1. The molecule has 128 valence electrons. The van der Waals surface area contributed by atoms with Gasteiger partial charge < -0.3 is 14.0 Å². The Morgan fingerprint density at radius 1 is 1.29 bits per heavy atom. The number of benzene rings is 1. The second-order valence-corrected chi connectivity index (χ2v) is 6.43. The maximum absolute atomic E-state index is 5.93. The van der Waals surface area contributed by atoms with E-state index in [0.717, 1.165) is 63.8 Å². The molecule has 2 aliphatic rings. The lowest BCUT2D eigenvalue weighted by molar-refractivity contribution is -0.0356. The molecule has 1 aromatic heterocycles. The van der Waals surface area contributed by atoms with Crippen molar-refractivity contribution in [2.75, 3.05) is 32.8 Å². The Bertz CT molecular complexity index is 700. The molecule has 1 aromatic carbocycles. The van der Waals surface area contributed by atoms with Gasteiger partial charge in [-0.15, -0.1) is 10.2 Å². The van der Waals surface area contributed by atoms with Crippen molar-refractivity contribution in [1.29, 1.82) is 0 Å². The molecule has 3 heterocycles. The molecule has 24 heavy (non-hydrogen) atoms. The van der Waals surface area contributed by atoms with Crippen LogP contribution in [0.15, 0.2) is 24.5 Å². The monoisotopic (exact) mass is 328 g/mol. The number of aryl methyl sites for hydroxylation is 1. The van der Waals surface area contributed by atoms with Gasteiger partial charge in [-0.3, -0.25) is 4.90 Å². The molecule has 0 spiro atoms. The largest absolute Gasteiger partial charge is 0.493 e. The van der Waals surface area contributed by atoms with Gasteiger partial charge >= 0.3 is 0 Å². The fourth-order valence-corrected chi connectivity index (χ4v) is 3.50. The number of nitrogens with zero attached hydrogens (tertiary/aromatic N) is 4. The first kappa shape index (κ1) is 15.6. The molecule has 0 saturated carbocycles. The zero-order valence-corrected chi connectivity index (χ0v) is 14.1. The fraction of sp³-hybridized carbons (Fsp3) is 0.556. The Morgan fingerprint density at radius 3 is 3.17 bits per heavy atom. The van der Waals surface area contributed by atoms with Crippen molar-refractivity contribution >= 4 is 0 Å². The predicted molar refractivity (Wildman–Crippen MR) is 90.2 cm³/mol. The Balaban J connectivity index is 1.37. The molecule has 0 N–H and O–H groups in total. The molecular weight excluding hydrogens is 304 g/mol. The van der Waals surface area contributed by atoms with Crippen LogP contribution < -0.4 is 4.74 Å². The fourth-order valence-electron chi connectivity index (χ4n) is 3.50. The van der Waals surface area contributed by atoms with Gasteiger partial charge in [0.15, 0.2) is 5.82 Å². The third-order valence-corrected chi connectivity index (χ3v) is 4.90. The van der Waals surface area contributed by atoms with Crippen LogP contribution in [0.3, 0.4) is 0 Å². The predicted octanol–water partition coefficient (Wildman–Crippen LogP) is 1.85. The lowest BCUT2D eigenvalue weighted by Gasteiger charge is -2.32. The number of ether oxygens (including phenoxy) is 2. The minimum Gasteiger partial charge on any atom is -0.493 e. The highest BCUT2D eigenvalue weighted by molar-refractivity contribution is 5.39. The van der Waals surface area contributed by atoms with Crippen LogP contribution >= 0.6 is 0 Å². The third-order valence-electron chi connectivity index (χ3n) is 4.90. The van der Waals surface area contributed by atoms with Gasteiger partial charge in [-0.25, -0.2) is 0 Å². The summed E-state index contributed by atoms with van der Waals surface area (Å²) in [6.45, 7) is 7.45. The number of fused-ring (bicyclic) bond motifs is 1. The second kappa shape index (κ2) is 6.91. The van der Waals surface area contributed by atoms with Crippen molar-refractivity contribution in [2.24, 2.45) is 0 Å². The van der Waals surface area contributed by atoms with E-state index < -0.39 is 0 Å². The van der Waals surface area contributed by atoms with Crippen LogP contribution in [0, 0.1) is 0 Å². The first-order chi connectivity index (χ1) is 11.8. The minimum absolute atomic E-state index is 0.0228. The molecule has 0 amide bonds. The number of aromatic nitrogens is 3. The summed E-state index contributed by atoms with van der Waals surface area (Å²) in [6, 6.07) is 6.60. The van der Waals surface area contributed by atoms with E-state index in [2.05, 4.69) is 44.8 Å². The Labute approximate surface area is 142 Å². The van der Waals surface area contributed by atoms with E-state index in [9.17, 15) is 0 Å². The molecule has 1 saturated heterocycles. The third kappa shape index (κ3) is 3.16. The molecule has 6 heteroatoms. The number of hydrogen-bond acceptors (Lipinski definition) is 5. The summed E-state index contributed by atoms with van der Waals surface area (Å²) < 4.78 is 13.6. The van der Waals surface area contributed by atoms with Crippen LogP contribution in [0.25, 0.3) is 0 Å². The van der Waals surface area contributed by atoms with Gasteiger partial charge in [0.25, 0.3) is 0 Å². The van der Waals surface area contributed by atoms with Gasteiger partial charge in [0.1, 0.15) is 18.2 Å². The summed E-state index contributed by atoms with van der Waals surface area (Å²) in [6.07, 6.45) is 3.90. The normalized spacial score (nSPS) is 20.8. The lowest BCUT2D eigenvalue weighted by atomic mass is 10.1. The molecule has 0 bridgehead atoms. The van der Waals surface area contributed by atoms with E-state index in [-0.39, 0.29) is 6.10 Å². The lowest BCUT2D eigenvalue weighted by Crippen LogP contribution is -2.40. The zero-order chi connectivity index (χ0) is 16.4. The molecule has 1 fully saturated rings. The summed E-state index contributed by atoms with van der Waals surface area (Å²) in [5.74, 6) is 2.00. The van der Waals surface area contributed by atoms with Crippen molar-refractivity contribution in [1.82, 2.24) is 19.7 Å². The van der Waals surface area contributed by atoms with Crippen LogP contribution in [0.1, 0.15) is 30.0 Å².